The molecule has 0 aromatic heterocycles. The van der Waals surface area contributed by atoms with Crippen molar-refractivity contribution in [2.24, 2.45) is 0 Å². The fourth-order valence-corrected chi connectivity index (χ4v) is 2.91. The Bertz CT molecular complexity index is 414. The van der Waals surface area contributed by atoms with Crippen LogP contribution in [0.2, 0.25) is 0 Å². The van der Waals surface area contributed by atoms with Gasteiger partial charge in [0, 0.05) is 19.4 Å². The van der Waals surface area contributed by atoms with Crippen LogP contribution in [0.5, 0.6) is 0 Å². The number of hydrogen-bond acceptors (Lipinski definition) is 5. The Balaban J connectivity index is 0.00000211. The number of imide groups is 1. The van der Waals surface area contributed by atoms with Gasteiger partial charge in [0.1, 0.15) is 5.78 Å². The molecule has 1 unspecified atom stereocenters. The van der Waals surface area contributed by atoms with Crippen molar-refractivity contribution in [3.8, 4) is 0 Å². The Morgan fingerprint density at radius 1 is 1.23 bits per heavy atom. The van der Waals surface area contributed by atoms with Crippen molar-refractivity contribution in [2.45, 2.75) is 58.1 Å². The lowest BCUT2D eigenvalue weighted by atomic mass is 10.2. The summed E-state index contributed by atoms with van der Waals surface area (Å²) in [5, 5.41) is -0.459. The third-order valence-corrected chi connectivity index (χ3v) is 4.29. The van der Waals surface area contributed by atoms with Gasteiger partial charge in [0.25, 0.3) is 0 Å². The van der Waals surface area contributed by atoms with E-state index in [1.165, 1.54) is 23.6 Å². The van der Waals surface area contributed by atoms with Crippen molar-refractivity contribution in [3.05, 3.63) is 0 Å². The van der Waals surface area contributed by atoms with Crippen LogP contribution in [0.25, 0.3) is 0 Å². The van der Waals surface area contributed by atoms with Crippen LogP contribution in [0.3, 0.4) is 0 Å². The van der Waals surface area contributed by atoms with E-state index in [1.54, 1.807) is 0 Å². The van der Waals surface area contributed by atoms with Gasteiger partial charge in [-0.3, -0.25) is 24.1 Å². The molecule has 0 aliphatic carbocycles. The van der Waals surface area contributed by atoms with E-state index >= 15 is 0 Å². The number of carbonyl (C=O) groups is 4. The number of amides is 2. The lowest BCUT2D eigenvalue weighted by Gasteiger charge is -2.14. The van der Waals surface area contributed by atoms with Crippen molar-refractivity contribution in [1.82, 2.24) is 4.90 Å². The topological polar surface area (TPSA) is 71.5 Å². The number of carbonyl (C=O) groups excluding carboxylic acids is 4. The first kappa shape index (κ1) is 20.8. The number of likely N-dealkylation sites (tertiary alicyclic amines) is 1. The van der Waals surface area contributed by atoms with Crippen molar-refractivity contribution in [2.75, 3.05) is 12.3 Å². The summed E-state index contributed by atoms with van der Waals surface area (Å²) in [4.78, 5) is 45.9. The van der Waals surface area contributed by atoms with Gasteiger partial charge in [0.05, 0.1) is 11.0 Å². The minimum absolute atomic E-state index is 0.0235. The summed E-state index contributed by atoms with van der Waals surface area (Å²) in [7, 11) is 0. The molecule has 1 aliphatic rings. The molecular weight excluding hydrogens is 309 g/mol. The second kappa shape index (κ2) is 11.3. The highest BCUT2D eigenvalue weighted by molar-refractivity contribution is 8.01. The van der Waals surface area contributed by atoms with Crippen molar-refractivity contribution in [3.63, 3.8) is 0 Å². The Morgan fingerprint density at radius 2 is 1.86 bits per heavy atom. The van der Waals surface area contributed by atoms with Crippen LogP contribution in [-0.4, -0.2) is 46.1 Å². The summed E-state index contributed by atoms with van der Waals surface area (Å²) in [6, 6.07) is -1.33. The number of thioether (sulfide) groups is 1. The highest BCUT2D eigenvalue weighted by atomic mass is 32.2. The zero-order valence-electron chi connectivity index (χ0n) is 13.4. The van der Waals surface area contributed by atoms with E-state index in [-0.39, 0.29) is 36.2 Å². The van der Waals surface area contributed by atoms with Gasteiger partial charge in [-0.2, -0.15) is 4.39 Å². The number of unbranched alkanes of at least 4 members (excludes halogenated alkanes) is 2. The van der Waals surface area contributed by atoms with Gasteiger partial charge >= 0.3 is 6.04 Å². The predicted octanol–water partition coefficient (Wildman–Crippen LogP) is 2.52. The number of nitrogens with zero attached hydrogens (tertiary/aromatic N) is 1. The Labute approximate surface area is 135 Å². The highest BCUT2D eigenvalue weighted by Crippen LogP contribution is 2.25. The minimum atomic E-state index is -1.33. The van der Waals surface area contributed by atoms with Gasteiger partial charge in [0.2, 0.25) is 11.8 Å². The molecule has 0 bridgehead atoms. The maximum atomic E-state index is 12.0. The molecule has 1 heterocycles. The van der Waals surface area contributed by atoms with Crippen LogP contribution < -0.4 is 0 Å². The summed E-state index contributed by atoms with van der Waals surface area (Å²) in [5.41, 5.74) is 0. The zero-order valence-corrected chi connectivity index (χ0v) is 14.2. The molecule has 0 aromatic rings. The van der Waals surface area contributed by atoms with Crippen LogP contribution in [0.1, 0.15) is 52.9 Å². The molecule has 1 atom stereocenters. The second-order valence-corrected chi connectivity index (χ2v) is 5.95. The van der Waals surface area contributed by atoms with Crippen LogP contribution in [0.15, 0.2) is 0 Å². The van der Waals surface area contributed by atoms with E-state index in [4.69, 9.17) is 0 Å². The standard InChI is InChI=1S/C13H18FNO4S.C2H6/c1-9(16)8-20-10-7-12(18)15(13(10)19)6-4-2-3-5-11(14)17;1-2/h10H,2-8H2,1H3;1-2H3. The third kappa shape index (κ3) is 7.68. The van der Waals surface area contributed by atoms with Crippen molar-refractivity contribution < 1.29 is 23.6 Å². The van der Waals surface area contributed by atoms with Gasteiger partial charge in [0.15, 0.2) is 0 Å². The number of hydrogen-bond donors (Lipinski definition) is 0. The van der Waals surface area contributed by atoms with Crippen LogP contribution in [-0.2, 0) is 19.2 Å². The predicted molar refractivity (Wildman–Crippen MR) is 84.2 cm³/mol. The van der Waals surface area contributed by atoms with Gasteiger partial charge in [-0.05, 0) is 19.8 Å². The Hall–Kier alpha value is -1.24. The normalized spacial score (nSPS) is 17.3. The fourth-order valence-electron chi connectivity index (χ4n) is 1.95. The van der Waals surface area contributed by atoms with E-state index in [2.05, 4.69) is 0 Å². The quantitative estimate of drug-likeness (QED) is 0.368. The summed E-state index contributed by atoms with van der Waals surface area (Å²) in [6.45, 7) is 5.74. The highest BCUT2D eigenvalue weighted by Gasteiger charge is 2.38. The second-order valence-electron chi connectivity index (χ2n) is 4.76. The van der Waals surface area contributed by atoms with Crippen LogP contribution in [0.4, 0.5) is 4.39 Å². The lowest BCUT2D eigenvalue weighted by Crippen LogP contribution is -2.32. The number of ketones is 1. The molecule has 0 N–H and O–H groups in total. The first-order valence-electron chi connectivity index (χ1n) is 7.55. The number of rotatable bonds is 9. The molecule has 0 spiro atoms. The maximum Gasteiger partial charge on any atom is 0.301 e. The van der Waals surface area contributed by atoms with E-state index in [9.17, 15) is 23.6 Å². The molecule has 1 aliphatic heterocycles. The molecular formula is C15H24FNO4S. The molecule has 126 valence electrons. The molecule has 1 saturated heterocycles. The molecule has 22 heavy (non-hydrogen) atoms. The molecule has 0 saturated carbocycles. The van der Waals surface area contributed by atoms with Gasteiger partial charge in [-0.1, -0.05) is 20.3 Å². The monoisotopic (exact) mass is 333 g/mol. The molecule has 1 fully saturated rings. The summed E-state index contributed by atoms with van der Waals surface area (Å²) < 4.78 is 12.0. The fraction of sp³-hybridized carbons (Fsp3) is 0.733. The smallest absolute Gasteiger partial charge is 0.299 e. The largest absolute Gasteiger partial charge is 0.301 e. The van der Waals surface area contributed by atoms with E-state index in [0.29, 0.717) is 25.8 Å². The summed E-state index contributed by atoms with van der Waals surface area (Å²) in [6.07, 6.45) is 1.61. The van der Waals surface area contributed by atoms with Gasteiger partial charge in [-0.15, -0.1) is 11.8 Å². The Kier molecular flexibility index (Phi) is 10.7. The average molecular weight is 333 g/mol. The minimum Gasteiger partial charge on any atom is -0.299 e. The molecule has 2 amide bonds. The number of Topliss-reactive ketones (excluding diaryl/α,β-unsaturated/α-hetero) is 1. The zero-order chi connectivity index (χ0) is 17.1. The maximum absolute atomic E-state index is 12.0. The SMILES string of the molecule is CC.CC(=O)CSC1CC(=O)N(CCCCCC(=O)F)C1=O. The third-order valence-electron chi connectivity index (χ3n) is 2.95. The average Bonchev–Trinajstić information content (AvgIpc) is 2.73. The van der Waals surface area contributed by atoms with Crippen LogP contribution in [0, 0.1) is 0 Å². The van der Waals surface area contributed by atoms with E-state index in [0.717, 1.165) is 0 Å². The van der Waals surface area contributed by atoms with Crippen molar-refractivity contribution in [1.29, 1.82) is 0 Å². The van der Waals surface area contributed by atoms with Gasteiger partial charge < -0.3 is 0 Å². The Morgan fingerprint density at radius 3 is 2.41 bits per heavy atom. The van der Waals surface area contributed by atoms with Gasteiger partial charge in [-0.25, -0.2) is 0 Å². The van der Waals surface area contributed by atoms with Crippen molar-refractivity contribution >= 4 is 35.4 Å². The van der Waals surface area contributed by atoms with E-state index < -0.39 is 11.3 Å². The number of halogens is 1. The molecule has 7 heteroatoms. The lowest BCUT2D eigenvalue weighted by molar-refractivity contribution is -0.138. The molecule has 1 rings (SSSR count). The van der Waals surface area contributed by atoms with E-state index in [1.807, 2.05) is 13.8 Å². The molecule has 0 aromatic carbocycles. The first-order chi connectivity index (χ1) is 10.4. The first-order valence-corrected chi connectivity index (χ1v) is 8.60. The molecule has 5 nitrogen and oxygen atoms in total. The summed E-state index contributed by atoms with van der Waals surface area (Å²) in [5.74, 6) is -0.263. The van der Waals surface area contributed by atoms with Crippen LogP contribution >= 0.6 is 11.8 Å². The molecule has 0 radical (unpaired) electrons. The summed E-state index contributed by atoms with van der Waals surface area (Å²) >= 11 is 1.20.